The van der Waals surface area contributed by atoms with Gasteiger partial charge in [0.05, 0.1) is 0 Å². The van der Waals surface area contributed by atoms with Crippen LogP contribution < -0.4 is 0 Å². The molecule has 0 aliphatic rings. The monoisotopic (exact) mass is 200 g/mol. The van der Waals surface area contributed by atoms with Crippen LogP contribution in [0, 0.1) is 0 Å². The van der Waals surface area contributed by atoms with Crippen LogP contribution in [-0.4, -0.2) is 11.1 Å². The lowest BCUT2D eigenvalue weighted by molar-refractivity contribution is -0.108. The zero-order valence-electron chi connectivity index (χ0n) is 4.74. The molecular formula is C5H7BrF2O. The van der Waals surface area contributed by atoms with E-state index in [-0.39, 0.29) is 19.3 Å². The minimum absolute atomic E-state index is 0.210. The Hall–Kier alpha value is 0.01000. The molecule has 0 bridgehead atoms. The van der Waals surface area contributed by atoms with Gasteiger partial charge in [-0.25, -0.2) is 0 Å². The first-order valence-corrected chi connectivity index (χ1v) is 3.36. The number of unbranched alkanes of at least 4 members (excludes halogenated alkanes) is 1. The highest BCUT2D eigenvalue weighted by Crippen LogP contribution is 2.27. The van der Waals surface area contributed by atoms with Crippen molar-refractivity contribution in [3.8, 4) is 0 Å². The molecular weight excluding hydrogens is 194 g/mol. The number of aldehydes is 1. The molecule has 1 nitrogen and oxygen atoms in total. The average molecular weight is 201 g/mol. The van der Waals surface area contributed by atoms with Crippen LogP contribution in [0.3, 0.4) is 0 Å². The van der Waals surface area contributed by atoms with Crippen LogP contribution in [0.25, 0.3) is 0 Å². The van der Waals surface area contributed by atoms with Crippen molar-refractivity contribution in [3.63, 3.8) is 0 Å². The summed E-state index contributed by atoms with van der Waals surface area (Å²) in [5.41, 5.74) is 0. The number of alkyl halides is 3. The van der Waals surface area contributed by atoms with E-state index in [0.29, 0.717) is 6.29 Å². The summed E-state index contributed by atoms with van der Waals surface area (Å²) in [5.74, 6) is 0. The second kappa shape index (κ2) is 3.93. The third-order valence-electron chi connectivity index (χ3n) is 0.782. The van der Waals surface area contributed by atoms with Gasteiger partial charge in [0.15, 0.2) is 0 Å². The van der Waals surface area contributed by atoms with Gasteiger partial charge >= 0.3 is 4.83 Å². The lowest BCUT2D eigenvalue weighted by atomic mass is 10.2. The van der Waals surface area contributed by atoms with Crippen LogP contribution in [0.2, 0.25) is 0 Å². The zero-order chi connectivity index (χ0) is 7.33. The molecule has 54 valence electrons. The first-order chi connectivity index (χ1) is 4.06. The highest BCUT2D eigenvalue weighted by Gasteiger charge is 2.22. The Morgan fingerprint density at radius 1 is 1.56 bits per heavy atom. The van der Waals surface area contributed by atoms with Gasteiger partial charge in [0.2, 0.25) is 0 Å². The summed E-state index contributed by atoms with van der Waals surface area (Å²) < 4.78 is 23.7. The van der Waals surface area contributed by atoms with Gasteiger partial charge in [0.25, 0.3) is 0 Å². The molecule has 0 saturated heterocycles. The fourth-order valence-electron chi connectivity index (χ4n) is 0.386. The van der Waals surface area contributed by atoms with Crippen molar-refractivity contribution in [2.45, 2.75) is 24.1 Å². The maximum absolute atomic E-state index is 11.8. The predicted octanol–water partition coefficient (Wildman–Crippen LogP) is 2.34. The van der Waals surface area contributed by atoms with E-state index in [4.69, 9.17) is 0 Å². The normalized spacial score (nSPS) is 11.4. The minimum Gasteiger partial charge on any atom is -0.303 e. The maximum Gasteiger partial charge on any atom is 0.301 e. The molecule has 0 aromatic carbocycles. The van der Waals surface area contributed by atoms with E-state index in [1.807, 2.05) is 0 Å². The Balaban J connectivity index is 3.17. The van der Waals surface area contributed by atoms with Crippen LogP contribution in [0.4, 0.5) is 8.78 Å². The molecule has 0 aromatic heterocycles. The maximum atomic E-state index is 11.8. The van der Waals surface area contributed by atoms with Crippen molar-refractivity contribution in [1.29, 1.82) is 0 Å². The summed E-state index contributed by atoms with van der Waals surface area (Å²) in [6.07, 6.45) is 0.813. The van der Waals surface area contributed by atoms with Crippen LogP contribution >= 0.6 is 15.9 Å². The van der Waals surface area contributed by atoms with Crippen molar-refractivity contribution < 1.29 is 13.6 Å². The number of hydrogen-bond acceptors (Lipinski definition) is 1. The van der Waals surface area contributed by atoms with Gasteiger partial charge in [-0.05, 0) is 22.4 Å². The molecule has 0 spiro atoms. The van der Waals surface area contributed by atoms with E-state index >= 15 is 0 Å². The summed E-state index contributed by atoms with van der Waals surface area (Å²) in [5, 5.41) is 0. The third kappa shape index (κ3) is 8.01. The molecule has 0 atom stereocenters. The average Bonchev–Trinajstić information content (AvgIpc) is 1.63. The standard InChI is InChI=1S/C5H7BrF2O/c6-5(7,8)3-1-2-4-9/h4H,1-3H2. The molecule has 0 aliphatic heterocycles. The van der Waals surface area contributed by atoms with Crippen molar-refractivity contribution in [2.24, 2.45) is 0 Å². The van der Waals surface area contributed by atoms with Gasteiger partial charge in [-0.3, -0.25) is 0 Å². The van der Waals surface area contributed by atoms with Crippen LogP contribution in [0.15, 0.2) is 0 Å². The molecule has 0 unspecified atom stereocenters. The predicted molar refractivity (Wildman–Crippen MR) is 33.8 cm³/mol. The number of halogens is 3. The fraction of sp³-hybridized carbons (Fsp3) is 0.800. The lowest BCUT2D eigenvalue weighted by Gasteiger charge is -2.04. The second-order valence-corrected chi connectivity index (χ2v) is 2.83. The van der Waals surface area contributed by atoms with Gasteiger partial charge in [-0.2, -0.15) is 8.78 Å². The van der Waals surface area contributed by atoms with Crippen molar-refractivity contribution in [2.75, 3.05) is 0 Å². The number of rotatable bonds is 4. The van der Waals surface area contributed by atoms with Crippen LogP contribution in [-0.2, 0) is 4.79 Å². The highest BCUT2D eigenvalue weighted by atomic mass is 79.9. The summed E-state index contributed by atoms with van der Waals surface area (Å²) in [4.78, 5) is 6.83. The van der Waals surface area contributed by atoms with E-state index < -0.39 is 4.83 Å². The fourth-order valence-corrected chi connectivity index (χ4v) is 0.666. The van der Waals surface area contributed by atoms with E-state index in [1.54, 1.807) is 0 Å². The molecule has 4 heteroatoms. The largest absolute Gasteiger partial charge is 0.303 e. The SMILES string of the molecule is O=CCCCC(F)(F)Br. The smallest absolute Gasteiger partial charge is 0.301 e. The topological polar surface area (TPSA) is 17.1 Å². The van der Waals surface area contributed by atoms with Gasteiger partial charge < -0.3 is 4.79 Å². The molecule has 0 radical (unpaired) electrons. The molecule has 9 heavy (non-hydrogen) atoms. The van der Waals surface area contributed by atoms with E-state index in [0.717, 1.165) is 0 Å². The van der Waals surface area contributed by atoms with E-state index in [9.17, 15) is 13.6 Å². The number of hydrogen-bond donors (Lipinski definition) is 0. The Morgan fingerprint density at radius 2 is 2.11 bits per heavy atom. The van der Waals surface area contributed by atoms with Gasteiger partial charge in [0, 0.05) is 12.8 Å². The Morgan fingerprint density at radius 3 is 2.44 bits per heavy atom. The molecule has 0 N–H and O–H groups in total. The first kappa shape index (κ1) is 9.01. The summed E-state index contributed by atoms with van der Waals surface area (Å²) in [6, 6.07) is 0. The molecule has 0 fully saturated rings. The van der Waals surface area contributed by atoms with Crippen molar-refractivity contribution in [1.82, 2.24) is 0 Å². The Kier molecular flexibility index (Phi) is 3.93. The second-order valence-electron chi connectivity index (χ2n) is 1.67. The summed E-state index contributed by atoms with van der Waals surface area (Å²) in [7, 11) is 0. The summed E-state index contributed by atoms with van der Waals surface area (Å²) >= 11 is 2.16. The number of carbonyl (C=O) groups excluding carboxylic acids is 1. The third-order valence-corrected chi connectivity index (χ3v) is 1.18. The zero-order valence-corrected chi connectivity index (χ0v) is 6.33. The van der Waals surface area contributed by atoms with E-state index in [1.165, 1.54) is 0 Å². The van der Waals surface area contributed by atoms with Crippen LogP contribution in [0.5, 0.6) is 0 Å². The first-order valence-electron chi connectivity index (χ1n) is 2.56. The molecule has 0 aromatic rings. The van der Waals surface area contributed by atoms with Gasteiger partial charge in [-0.1, -0.05) is 0 Å². The molecule has 0 saturated carbocycles. The number of carbonyl (C=O) groups is 1. The quantitative estimate of drug-likeness (QED) is 0.387. The minimum atomic E-state index is -2.80. The Labute approximate surface area is 60.6 Å². The van der Waals surface area contributed by atoms with Gasteiger partial charge in [0.1, 0.15) is 6.29 Å². The molecule has 0 amide bonds. The van der Waals surface area contributed by atoms with Crippen molar-refractivity contribution in [3.05, 3.63) is 0 Å². The summed E-state index contributed by atoms with van der Waals surface area (Å²) in [6.45, 7) is 0. The Bertz CT molecular complexity index is 89.4. The van der Waals surface area contributed by atoms with Crippen LogP contribution in [0.1, 0.15) is 19.3 Å². The molecule has 0 aliphatic carbocycles. The lowest BCUT2D eigenvalue weighted by Crippen LogP contribution is -2.03. The van der Waals surface area contributed by atoms with Gasteiger partial charge in [-0.15, -0.1) is 0 Å². The highest BCUT2D eigenvalue weighted by molar-refractivity contribution is 9.09. The molecule has 0 rings (SSSR count). The van der Waals surface area contributed by atoms with E-state index in [2.05, 4.69) is 15.9 Å². The van der Waals surface area contributed by atoms with Crippen molar-refractivity contribution >= 4 is 22.2 Å². The molecule has 0 heterocycles.